The molecule has 0 bridgehead atoms. The normalized spacial score (nSPS) is 17.2. The summed E-state index contributed by atoms with van der Waals surface area (Å²) in [4.78, 5) is 11.3. The van der Waals surface area contributed by atoms with Crippen molar-refractivity contribution in [1.82, 2.24) is 14.9 Å². The van der Waals surface area contributed by atoms with E-state index in [9.17, 15) is 0 Å². The number of rotatable bonds is 2. The summed E-state index contributed by atoms with van der Waals surface area (Å²) in [5.74, 6) is 1.27. The maximum Gasteiger partial charge on any atom is 0.134 e. The van der Waals surface area contributed by atoms with Gasteiger partial charge in [-0.1, -0.05) is 30.3 Å². The van der Waals surface area contributed by atoms with Crippen LogP contribution in [0.1, 0.15) is 28.5 Å². The molecule has 4 heteroatoms. The molecule has 0 radical (unpaired) electrons. The lowest BCUT2D eigenvalue weighted by Crippen LogP contribution is -2.30. The van der Waals surface area contributed by atoms with Crippen LogP contribution in [0.2, 0.25) is 0 Å². The summed E-state index contributed by atoms with van der Waals surface area (Å²) in [6, 6.07) is 17.0. The molecule has 0 fully saturated rings. The summed E-state index contributed by atoms with van der Waals surface area (Å²) < 4.78 is 6.19. The van der Waals surface area contributed by atoms with Crippen LogP contribution in [-0.2, 0) is 6.54 Å². The van der Waals surface area contributed by atoms with E-state index in [0.29, 0.717) is 0 Å². The Morgan fingerprint density at radius 1 is 1.07 bits per heavy atom. The number of likely N-dealkylation sites (N-methyl/N-ethyl adjacent to an activating group) is 1. The molecule has 0 spiro atoms. The van der Waals surface area contributed by atoms with Crippen molar-refractivity contribution >= 4 is 11.0 Å². The number of aromatic nitrogens is 2. The average molecular weight is 355 g/mol. The SMILES string of the molecule is Cc1cncc(-c2ccc3c(c2)CN(C)CC3c2cc3ccccc3o2)n1. The molecular formula is C23H21N3O. The molecule has 3 heterocycles. The minimum atomic E-state index is 0.240. The zero-order chi connectivity index (χ0) is 18.4. The van der Waals surface area contributed by atoms with Crippen LogP contribution in [-0.4, -0.2) is 28.5 Å². The van der Waals surface area contributed by atoms with Crippen LogP contribution >= 0.6 is 0 Å². The van der Waals surface area contributed by atoms with Crippen LogP contribution in [0.15, 0.2) is 65.3 Å². The average Bonchev–Trinajstić information content (AvgIpc) is 3.11. The summed E-state index contributed by atoms with van der Waals surface area (Å²) in [6.07, 6.45) is 3.62. The van der Waals surface area contributed by atoms with Gasteiger partial charge in [-0.25, -0.2) is 4.98 Å². The number of para-hydroxylation sites is 1. The molecule has 1 aliphatic rings. The molecule has 0 saturated heterocycles. The van der Waals surface area contributed by atoms with Crippen molar-refractivity contribution in [2.24, 2.45) is 0 Å². The lowest BCUT2D eigenvalue weighted by atomic mass is 9.87. The van der Waals surface area contributed by atoms with Gasteiger partial charge in [0, 0.05) is 30.2 Å². The summed E-state index contributed by atoms with van der Waals surface area (Å²) in [5.41, 5.74) is 6.60. The van der Waals surface area contributed by atoms with Crippen LogP contribution in [0.3, 0.4) is 0 Å². The number of furan rings is 1. The third kappa shape index (κ3) is 2.92. The lowest BCUT2D eigenvalue weighted by molar-refractivity contribution is 0.282. The summed E-state index contributed by atoms with van der Waals surface area (Å²) >= 11 is 0. The summed E-state index contributed by atoms with van der Waals surface area (Å²) in [5, 5.41) is 1.16. The van der Waals surface area contributed by atoms with Gasteiger partial charge in [-0.05, 0) is 43.3 Å². The second-order valence-electron chi connectivity index (χ2n) is 7.40. The molecule has 1 atom stereocenters. The van der Waals surface area contributed by atoms with Gasteiger partial charge in [0.15, 0.2) is 0 Å². The molecule has 27 heavy (non-hydrogen) atoms. The van der Waals surface area contributed by atoms with Crippen molar-refractivity contribution < 1.29 is 4.42 Å². The Hall–Kier alpha value is -2.98. The fourth-order valence-electron chi connectivity index (χ4n) is 4.03. The molecule has 4 nitrogen and oxygen atoms in total. The number of nitrogens with zero attached hydrogens (tertiary/aromatic N) is 3. The minimum Gasteiger partial charge on any atom is -0.460 e. The topological polar surface area (TPSA) is 42.2 Å². The Labute approximate surface area is 158 Å². The van der Waals surface area contributed by atoms with Crippen molar-refractivity contribution in [3.63, 3.8) is 0 Å². The van der Waals surface area contributed by atoms with E-state index in [1.807, 2.05) is 25.3 Å². The Bertz CT molecular complexity index is 1100. The first-order valence-corrected chi connectivity index (χ1v) is 9.26. The highest BCUT2D eigenvalue weighted by Gasteiger charge is 2.27. The molecule has 1 unspecified atom stereocenters. The van der Waals surface area contributed by atoms with Gasteiger partial charge in [-0.15, -0.1) is 0 Å². The van der Waals surface area contributed by atoms with E-state index in [4.69, 9.17) is 4.42 Å². The molecule has 0 saturated carbocycles. The predicted molar refractivity (Wildman–Crippen MR) is 107 cm³/mol. The maximum absolute atomic E-state index is 6.19. The van der Waals surface area contributed by atoms with Crippen molar-refractivity contribution in [3.05, 3.63) is 83.5 Å². The molecule has 2 aromatic carbocycles. The fourth-order valence-corrected chi connectivity index (χ4v) is 4.03. The van der Waals surface area contributed by atoms with Crippen LogP contribution < -0.4 is 0 Å². The van der Waals surface area contributed by atoms with Gasteiger partial charge in [-0.2, -0.15) is 0 Å². The first-order chi connectivity index (χ1) is 13.2. The quantitative estimate of drug-likeness (QED) is 0.519. The highest BCUT2D eigenvalue weighted by atomic mass is 16.3. The Morgan fingerprint density at radius 3 is 2.81 bits per heavy atom. The number of fused-ring (bicyclic) bond motifs is 2. The Balaban J connectivity index is 1.59. The molecule has 2 aromatic heterocycles. The van der Waals surface area contributed by atoms with E-state index in [0.717, 1.165) is 46.8 Å². The molecule has 0 aliphatic carbocycles. The number of benzene rings is 2. The fraction of sp³-hybridized carbons (Fsp3) is 0.217. The van der Waals surface area contributed by atoms with Gasteiger partial charge in [0.1, 0.15) is 11.3 Å². The van der Waals surface area contributed by atoms with Crippen molar-refractivity contribution in [3.8, 4) is 11.3 Å². The predicted octanol–water partition coefficient (Wildman–Crippen LogP) is 4.78. The summed E-state index contributed by atoms with van der Waals surface area (Å²) in [7, 11) is 2.16. The third-order valence-corrected chi connectivity index (χ3v) is 5.29. The summed E-state index contributed by atoms with van der Waals surface area (Å²) in [6.45, 7) is 3.86. The van der Waals surface area contributed by atoms with Crippen LogP contribution in [0.5, 0.6) is 0 Å². The molecule has 1 aliphatic heterocycles. The van der Waals surface area contributed by atoms with Gasteiger partial charge >= 0.3 is 0 Å². The number of aryl methyl sites for hydroxylation is 1. The first-order valence-electron chi connectivity index (χ1n) is 9.26. The third-order valence-electron chi connectivity index (χ3n) is 5.29. The maximum atomic E-state index is 6.19. The van der Waals surface area contributed by atoms with Crippen LogP contribution in [0, 0.1) is 6.92 Å². The monoisotopic (exact) mass is 355 g/mol. The van der Waals surface area contributed by atoms with Crippen molar-refractivity contribution in [1.29, 1.82) is 0 Å². The van der Waals surface area contributed by atoms with Gasteiger partial charge in [0.25, 0.3) is 0 Å². The van der Waals surface area contributed by atoms with E-state index in [1.54, 1.807) is 6.20 Å². The van der Waals surface area contributed by atoms with Crippen LogP contribution in [0.4, 0.5) is 0 Å². The van der Waals surface area contributed by atoms with Gasteiger partial charge < -0.3 is 9.32 Å². The smallest absolute Gasteiger partial charge is 0.134 e. The van der Waals surface area contributed by atoms with Gasteiger partial charge in [-0.3, -0.25) is 4.98 Å². The van der Waals surface area contributed by atoms with E-state index in [1.165, 1.54) is 11.1 Å². The molecule has 4 aromatic rings. The molecule has 134 valence electrons. The second kappa shape index (κ2) is 6.32. The highest BCUT2D eigenvalue weighted by molar-refractivity contribution is 5.78. The first kappa shape index (κ1) is 16.2. The molecule has 0 N–H and O–H groups in total. The van der Waals surface area contributed by atoms with E-state index in [-0.39, 0.29) is 5.92 Å². The minimum absolute atomic E-state index is 0.240. The van der Waals surface area contributed by atoms with Crippen molar-refractivity contribution in [2.75, 3.05) is 13.6 Å². The molecule has 0 amide bonds. The molecular weight excluding hydrogens is 334 g/mol. The number of hydrogen-bond donors (Lipinski definition) is 0. The van der Waals surface area contributed by atoms with E-state index < -0.39 is 0 Å². The lowest BCUT2D eigenvalue weighted by Gasteiger charge is -2.31. The standard InChI is InChI=1S/C23H21N3O/c1-15-11-24-12-21(25-15)16-7-8-19-18(9-16)13-26(2)14-20(19)23-10-17-5-3-4-6-22(17)27-23/h3-12,20H,13-14H2,1-2H3. The highest BCUT2D eigenvalue weighted by Crippen LogP contribution is 2.37. The van der Waals surface area contributed by atoms with Crippen LogP contribution in [0.25, 0.3) is 22.2 Å². The zero-order valence-corrected chi connectivity index (χ0v) is 15.5. The Kier molecular flexibility index (Phi) is 3.80. The van der Waals surface area contributed by atoms with E-state index >= 15 is 0 Å². The van der Waals surface area contributed by atoms with Gasteiger partial charge in [0.05, 0.1) is 23.5 Å². The molecule has 5 rings (SSSR count). The Morgan fingerprint density at radius 2 is 1.96 bits per heavy atom. The van der Waals surface area contributed by atoms with E-state index in [2.05, 4.69) is 58.3 Å². The number of hydrogen-bond acceptors (Lipinski definition) is 4. The van der Waals surface area contributed by atoms with Gasteiger partial charge in [0.2, 0.25) is 0 Å². The largest absolute Gasteiger partial charge is 0.460 e. The van der Waals surface area contributed by atoms with Crippen molar-refractivity contribution in [2.45, 2.75) is 19.4 Å². The zero-order valence-electron chi connectivity index (χ0n) is 15.5. The second-order valence-corrected chi connectivity index (χ2v) is 7.40.